The van der Waals surface area contributed by atoms with Crippen LogP contribution in [0.1, 0.15) is 35.3 Å². The highest BCUT2D eigenvalue weighted by atomic mass is 16.1. The number of nitrogens with one attached hydrogen (secondary N) is 1. The molecule has 3 aromatic rings. The molecule has 1 N–H and O–H groups in total. The summed E-state index contributed by atoms with van der Waals surface area (Å²) in [5.41, 5.74) is 3.59. The zero-order chi connectivity index (χ0) is 17.1. The van der Waals surface area contributed by atoms with Crippen LogP contribution < -0.4 is 10.2 Å². The average molecular weight is 334 g/mol. The Kier molecular flexibility index (Phi) is 4.37. The molecule has 0 radical (unpaired) electrons. The molecule has 25 heavy (non-hydrogen) atoms. The van der Waals surface area contributed by atoms with Gasteiger partial charge in [-0.3, -0.25) is 4.79 Å². The van der Waals surface area contributed by atoms with Crippen molar-refractivity contribution < 1.29 is 4.79 Å². The SMILES string of the molecule is O=C(NCc1ccc(N2CCCCC2)cc1)c1cn2ccccc2n1. The largest absolute Gasteiger partial charge is 0.372 e. The van der Waals surface area contributed by atoms with Crippen LogP contribution >= 0.6 is 0 Å². The summed E-state index contributed by atoms with van der Waals surface area (Å²) in [5.74, 6) is -0.149. The number of fused-ring (bicyclic) bond motifs is 1. The van der Waals surface area contributed by atoms with Crippen molar-refractivity contribution in [1.29, 1.82) is 0 Å². The number of hydrogen-bond donors (Lipinski definition) is 1. The molecule has 0 unspecified atom stereocenters. The summed E-state index contributed by atoms with van der Waals surface area (Å²) < 4.78 is 1.85. The summed E-state index contributed by atoms with van der Waals surface area (Å²) in [4.78, 5) is 19.1. The minimum atomic E-state index is -0.149. The molecule has 2 aromatic heterocycles. The summed E-state index contributed by atoms with van der Waals surface area (Å²) in [6, 6.07) is 14.2. The Morgan fingerprint density at radius 3 is 2.60 bits per heavy atom. The van der Waals surface area contributed by atoms with Crippen molar-refractivity contribution in [3.8, 4) is 0 Å². The van der Waals surface area contributed by atoms with Crippen LogP contribution in [0.25, 0.3) is 5.65 Å². The Hall–Kier alpha value is -2.82. The average Bonchev–Trinajstić information content (AvgIpc) is 3.11. The van der Waals surface area contributed by atoms with Gasteiger partial charge in [-0.2, -0.15) is 0 Å². The van der Waals surface area contributed by atoms with Crippen LogP contribution in [0.5, 0.6) is 0 Å². The van der Waals surface area contributed by atoms with E-state index >= 15 is 0 Å². The molecule has 4 rings (SSSR count). The second-order valence-electron chi connectivity index (χ2n) is 6.49. The van der Waals surface area contributed by atoms with Gasteiger partial charge >= 0.3 is 0 Å². The summed E-state index contributed by atoms with van der Waals surface area (Å²) in [5, 5.41) is 2.95. The predicted molar refractivity (Wildman–Crippen MR) is 98.9 cm³/mol. The first-order valence-electron chi connectivity index (χ1n) is 8.85. The van der Waals surface area contributed by atoms with Gasteiger partial charge in [0.1, 0.15) is 11.3 Å². The molecule has 3 heterocycles. The van der Waals surface area contributed by atoms with Crippen LogP contribution in [0.4, 0.5) is 5.69 Å². The van der Waals surface area contributed by atoms with Crippen LogP contribution in [-0.4, -0.2) is 28.4 Å². The monoisotopic (exact) mass is 334 g/mol. The summed E-state index contributed by atoms with van der Waals surface area (Å²) in [7, 11) is 0. The van der Waals surface area contributed by atoms with Crippen molar-refractivity contribution in [3.05, 3.63) is 66.1 Å². The third-order valence-corrected chi connectivity index (χ3v) is 4.71. The Balaban J connectivity index is 1.38. The standard InChI is InChI=1S/C20H22N4O/c25-20(18-15-24-13-5-2-6-19(24)22-18)21-14-16-7-9-17(10-8-16)23-11-3-1-4-12-23/h2,5-10,13,15H,1,3-4,11-12,14H2,(H,21,25). The Bertz CT molecular complexity index is 830. The molecule has 5 heteroatoms. The molecule has 128 valence electrons. The molecule has 0 spiro atoms. The van der Waals surface area contributed by atoms with Crippen molar-refractivity contribution in [1.82, 2.24) is 14.7 Å². The Morgan fingerprint density at radius 1 is 1.04 bits per heavy atom. The molecule has 1 saturated heterocycles. The Labute approximate surface area is 147 Å². The maximum absolute atomic E-state index is 12.3. The first-order valence-corrected chi connectivity index (χ1v) is 8.85. The van der Waals surface area contributed by atoms with Gasteiger partial charge in [0.25, 0.3) is 5.91 Å². The Morgan fingerprint density at radius 2 is 1.84 bits per heavy atom. The van der Waals surface area contributed by atoms with Crippen LogP contribution in [0.15, 0.2) is 54.9 Å². The second kappa shape index (κ2) is 6.97. The third kappa shape index (κ3) is 3.50. The minimum Gasteiger partial charge on any atom is -0.372 e. The fraction of sp³-hybridized carbons (Fsp3) is 0.300. The van der Waals surface area contributed by atoms with E-state index in [-0.39, 0.29) is 5.91 Å². The van der Waals surface area contributed by atoms with Crippen molar-refractivity contribution >= 4 is 17.2 Å². The molecule has 0 atom stereocenters. The quantitative estimate of drug-likeness (QED) is 0.797. The number of anilines is 1. The van der Waals surface area contributed by atoms with Crippen LogP contribution in [0, 0.1) is 0 Å². The number of amides is 1. The highest BCUT2D eigenvalue weighted by molar-refractivity contribution is 5.92. The normalized spacial score (nSPS) is 14.6. The van der Waals surface area contributed by atoms with Gasteiger partial charge in [-0.1, -0.05) is 18.2 Å². The molecule has 1 aliphatic heterocycles. The number of carbonyl (C=O) groups is 1. The number of aromatic nitrogens is 2. The number of benzene rings is 1. The zero-order valence-electron chi connectivity index (χ0n) is 14.2. The number of piperidine rings is 1. The molecule has 0 aliphatic carbocycles. The number of rotatable bonds is 4. The van der Waals surface area contributed by atoms with E-state index < -0.39 is 0 Å². The lowest BCUT2D eigenvalue weighted by atomic mass is 10.1. The molecule has 1 fully saturated rings. The molecule has 0 bridgehead atoms. The molecular formula is C20H22N4O. The van der Waals surface area contributed by atoms with Gasteiger partial charge < -0.3 is 14.6 Å². The van der Waals surface area contributed by atoms with Gasteiger partial charge in [-0.05, 0) is 49.1 Å². The summed E-state index contributed by atoms with van der Waals surface area (Å²) in [6.07, 6.45) is 7.53. The van der Waals surface area contributed by atoms with E-state index in [1.165, 1.54) is 24.9 Å². The lowest BCUT2D eigenvalue weighted by Gasteiger charge is -2.28. The van der Waals surface area contributed by atoms with Crippen LogP contribution in [-0.2, 0) is 6.54 Å². The third-order valence-electron chi connectivity index (χ3n) is 4.71. The topological polar surface area (TPSA) is 49.6 Å². The number of imidazole rings is 1. The second-order valence-corrected chi connectivity index (χ2v) is 6.49. The minimum absolute atomic E-state index is 0.149. The van der Waals surface area contributed by atoms with Crippen molar-refractivity contribution in [3.63, 3.8) is 0 Å². The lowest BCUT2D eigenvalue weighted by molar-refractivity contribution is 0.0946. The van der Waals surface area contributed by atoms with Gasteiger partial charge in [0.15, 0.2) is 0 Å². The summed E-state index contributed by atoms with van der Waals surface area (Å²) in [6.45, 7) is 2.79. The molecule has 1 aromatic carbocycles. The zero-order valence-corrected chi connectivity index (χ0v) is 14.2. The van der Waals surface area contributed by atoms with Crippen LogP contribution in [0.2, 0.25) is 0 Å². The number of hydrogen-bond acceptors (Lipinski definition) is 3. The fourth-order valence-corrected chi connectivity index (χ4v) is 3.29. The molecule has 1 amide bonds. The molecule has 5 nitrogen and oxygen atoms in total. The van der Waals surface area contributed by atoms with E-state index in [0.717, 1.165) is 24.3 Å². The van der Waals surface area contributed by atoms with Gasteiger partial charge in [-0.15, -0.1) is 0 Å². The van der Waals surface area contributed by atoms with E-state index in [0.29, 0.717) is 12.2 Å². The predicted octanol–water partition coefficient (Wildman–Crippen LogP) is 3.25. The number of carbonyl (C=O) groups excluding carboxylic acids is 1. The van der Waals surface area contributed by atoms with E-state index in [4.69, 9.17) is 0 Å². The van der Waals surface area contributed by atoms with Gasteiger partial charge in [-0.25, -0.2) is 4.98 Å². The number of pyridine rings is 1. The molecular weight excluding hydrogens is 312 g/mol. The van der Waals surface area contributed by atoms with E-state index in [2.05, 4.69) is 39.5 Å². The van der Waals surface area contributed by atoms with Crippen molar-refractivity contribution in [2.45, 2.75) is 25.8 Å². The highest BCUT2D eigenvalue weighted by Gasteiger charge is 2.12. The first-order chi connectivity index (χ1) is 12.3. The van der Waals surface area contributed by atoms with E-state index in [1.807, 2.05) is 28.8 Å². The fourth-order valence-electron chi connectivity index (χ4n) is 3.29. The maximum atomic E-state index is 12.3. The van der Waals surface area contributed by atoms with Crippen molar-refractivity contribution in [2.24, 2.45) is 0 Å². The van der Waals surface area contributed by atoms with E-state index in [1.54, 1.807) is 6.20 Å². The maximum Gasteiger partial charge on any atom is 0.271 e. The van der Waals surface area contributed by atoms with Crippen LogP contribution in [0.3, 0.4) is 0 Å². The molecule has 1 aliphatic rings. The van der Waals surface area contributed by atoms with E-state index in [9.17, 15) is 4.79 Å². The lowest BCUT2D eigenvalue weighted by Crippen LogP contribution is -2.29. The first kappa shape index (κ1) is 15.7. The van der Waals surface area contributed by atoms with Crippen molar-refractivity contribution in [2.75, 3.05) is 18.0 Å². The number of nitrogens with zero attached hydrogens (tertiary/aromatic N) is 3. The molecule has 0 saturated carbocycles. The van der Waals surface area contributed by atoms with Gasteiger partial charge in [0, 0.05) is 37.7 Å². The highest BCUT2D eigenvalue weighted by Crippen LogP contribution is 2.20. The smallest absolute Gasteiger partial charge is 0.271 e. The van der Waals surface area contributed by atoms with Gasteiger partial charge in [0.2, 0.25) is 0 Å². The summed E-state index contributed by atoms with van der Waals surface area (Å²) >= 11 is 0. The van der Waals surface area contributed by atoms with Gasteiger partial charge in [0.05, 0.1) is 0 Å².